The predicted octanol–water partition coefficient (Wildman–Crippen LogP) is 7.24. The molecule has 3 aromatic rings. The fraction of sp³-hybridized carbons (Fsp3) is 0.259. The van der Waals surface area contributed by atoms with Crippen LogP contribution in [0.25, 0.3) is 16.7 Å². The molecule has 0 bridgehead atoms. The molecule has 4 nitrogen and oxygen atoms in total. The lowest BCUT2D eigenvalue weighted by Gasteiger charge is -2.33. The van der Waals surface area contributed by atoms with Crippen molar-refractivity contribution >= 4 is 28.5 Å². The third kappa shape index (κ3) is 4.28. The summed E-state index contributed by atoms with van der Waals surface area (Å²) >= 11 is 6.39. The molecule has 0 atom stereocenters. The van der Waals surface area contributed by atoms with Crippen LogP contribution in [0.15, 0.2) is 60.7 Å². The lowest BCUT2D eigenvalue weighted by molar-refractivity contribution is 0.416. The van der Waals surface area contributed by atoms with Gasteiger partial charge in [0, 0.05) is 28.4 Å². The van der Waals surface area contributed by atoms with E-state index in [1.807, 2.05) is 42.5 Å². The van der Waals surface area contributed by atoms with Crippen molar-refractivity contribution in [3.05, 3.63) is 76.8 Å². The van der Waals surface area contributed by atoms with Crippen LogP contribution in [-0.2, 0) is 6.54 Å². The zero-order valence-electron chi connectivity index (χ0n) is 19.2. The monoisotopic (exact) mass is 448 g/mol. The number of rotatable bonds is 6. The van der Waals surface area contributed by atoms with Gasteiger partial charge in [-0.15, -0.1) is 0 Å². The standard InChI is InChI=1S/C27H29ClN2O2/c1-17-15-27(2,3)30-23-12-11-19(20-14-18(28)10-13-24(20)31-4)21(26(17)23)16-29-22-8-6-7-9-25(22)32-5/h6-15,29-30H,16H2,1-5H3. The van der Waals surface area contributed by atoms with Gasteiger partial charge in [-0.3, -0.25) is 0 Å². The van der Waals surface area contributed by atoms with Crippen molar-refractivity contribution in [3.8, 4) is 22.6 Å². The van der Waals surface area contributed by atoms with Crippen molar-refractivity contribution in [2.45, 2.75) is 32.9 Å². The van der Waals surface area contributed by atoms with E-state index in [1.165, 1.54) is 16.7 Å². The summed E-state index contributed by atoms with van der Waals surface area (Å²) in [6.07, 6.45) is 2.28. The number of nitrogens with one attached hydrogen (secondary N) is 2. The predicted molar refractivity (Wildman–Crippen MR) is 135 cm³/mol. The van der Waals surface area contributed by atoms with Gasteiger partial charge >= 0.3 is 0 Å². The van der Waals surface area contributed by atoms with Crippen LogP contribution in [0.5, 0.6) is 11.5 Å². The summed E-state index contributed by atoms with van der Waals surface area (Å²) in [6, 6.07) is 18.0. The quantitative estimate of drug-likeness (QED) is 0.417. The van der Waals surface area contributed by atoms with Gasteiger partial charge in [-0.2, -0.15) is 0 Å². The summed E-state index contributed by atoms with van der Waals surface area (Å²) in [5.41, 5.74) is 7.62. The van der Waals surface area contributed by atoms with E-state index >= 15 is 0 Å². The SMILES string of the molecule is COc1ccccc1NCc1c(-c2cc(Cl)ccc2OC)ccc2c1C(C)=CC(C)(C)N2. The summed E-state index contributed by atoms with van der Waals surface area (Å²) in [7, 11) is 3.37. The Hall–Kier alpha value is -3.11. The molecule has 0 amide bonds. The zero-order chi connectivity index (χ0) is 22.9. The topological polar surface area (TPSA) is 42.5 Å². The Morgan fingerprint density at radius 3 is 2.44 bits per heavy atom. The molecule has 0 aliphatic carbocycles. The van der Waals surface area contributed by atoms with E-state index in [2.05, 4.69) is 49.6 Å². The van der Waals surface area contributed by atoms with Crippen LogP contribution >= 0.6 is 11.6 Å². The highest BCUT2D eigenvalue weighted by Crippen LogP contribution is 2.43. The molecule has 0 unspecified atom stereocenters. The molecule has 0 saturated carbocycles. The average Bonchev–Trinajstić information content (AvgIpc) is 2.76. The highest BCUT2D eigenvalue weighted by molar-refractivity contribution is 6.31. The molecule has 0 spiro atoms. The zero-order valence-corrected chi connectivity index (χ0v) is 19.9. The lowest BCUT2D eigenvalue weighted by atomic mass is 9.85. The minimum atomic E-state index is -0.111. The van der Waals surface area contributed by atoms with Gasteiger partial charge in [0.1, 0.15) is 11.5 Å². The van der Waals surface area contributed by atoms with Crippen molar-refractivity contribution in [2.24, 2.45) is 0 Å². The number of para-hydroxylation sites is 2. The number of allylic oxidation sites excluding steroid dienone is 1. The van der Waals surface area contributed by atoms with Crippen molar-refractivity contribution in [2.75, 3.05) is 24.9 Å². The summed E-state index contributed by atoms with van der Waals surface area (Å²) in [6.45, 7) is 7.15. The number of hydrogen-bond acceptors (Lipinski definition) is 4. The molecule has 32 heavy (non-hydrogen) atoms. The molecule has 3 aromatic carbocycles. The van der Waals surface area contributed by atoms with Crippen LogP contribution in [0.1, 0.15) is 31.9 Å². The molecule has 5 heteroatoms. The molecular weight excluding hydrogens is 420 g/mol. The van der Waals surface area contributed by atoms with Gasteiger partial charge in [0.05, 0.1) is 25.4 Å². The Labute approximate surface area is 195 Å². The second kappa shape index (κ2) is 8.79. The van der Waals surface area contributed by atoms with Crippen LogP contribution < -0.4 is 20.1 Å². The Kier molecular flexibility index (Phi) is 6.07. The molecule has 1 aliphatic rings. The van der Waals surface area contributed by atoms with Crippen molar-refractivity contribution in [1.29, 1.82) is 0 Å². The number of halogens is 1. The Morgan fingerprint density at radius 1 is 0.938 bits per heavy atom. The first-order valence-corrected chi connectivity index (χ1v) is 11.1. The van der Waals surface area contributed by atoms with Crippen LogP contribution in [-0.4, -0.2) is 19.8 Å². The molecule has 0 saturated heterocycles. The van der Waals surface area contributed by atoms with E-state index in [0.29, 0.717) is 11.6 Å². The maximum absolute atomic E-state index is 6.39. The first-order chi connectivity index (χ1) is 15.3. The minimum absolute atomic E-state index is 0.111. The number of anilines is 2. The van der Waals surface area contributed by atoms with Gasteiger partial charge in [0.2, 0.25) is 0 Å². The highest BCUT2D eigenvalue weighted by Gasteiger charge is 2.26. The second-order valence-corrected chi connectivity index (χ2v) is 9.02. The summed E-state index contributed by atoms with van der Waals surface area (Å²) in [5, 5.41) is 7.92. The molecule has 166 valence electrons. The fourth-order valence-corrected chi connectivity index (χ4v) is 4.67. The van der Waals surface area contributed by atoms with Crippen LogP contribution in [0, 0.1) is 0 Å². The summed E-state index contributed by atoms with van der Waals surface area (Å²) in [5.74, 6) is 1.60. The molecule has 0 aromatic heterocycles. The van der Waals surface area contributed by atoms with Crippen molar-refractivity contribution < 1.29 is 9.47 Å². The molecule has 2 N–H and O–H groups in total. The van der Waals surface area contributed by atoms with Gasteiger partial charge in [-0.25, -0.2) is 0 Å². The van der Waals surface area contributed by atoms with E-state index in [1.54, 1.807) is 14.2 Å². The number of methoxy groups -OCH3 is 2. The first kappa shape index (κ1) is 22.1. The lowest BCUT2D eigenvalue weighted by Crippen LogP contribution is -2.32. The van der Waals surface area contributed by atoms with Crippen molar-refractivity contribution in [1.82, 2.24) is 0 Å². The minimum Gasteiger partial charge on any atom is -0.496 e. The smallest absolute Gasteiger partial charge is 0.141 e. The van der Waals surface area contributed by atoms with E-state index in [-0.39, 0.29) is 5.54 Å². The third-order valence-corrected chi connectivity index (χ3v) is 5.99. The number of benzene rings is 3. The van der Waals surface area contributed by atoms with Gasteiger partial charge < -0.3 is 20.1 Å². The first-order valence-electron chi connectivity index (χ1n) is 10.7. The normalized spacial score (nSPS) is 14.1. The Bertz CT molecular complexity index is 1180. The Balaban J connectivity index is 1.88. The summed E-state index contributed by atoms with van der Waals surface area (Å²) < 4.78 is 11.2. The summed E-state index contributed by atoms with van der Waals surface area (Å²) in [4.78, 5) is 0. The number of ether oxygens (including phenoxy) is 2. The highest BCUT2D eigenvalue weighted by atomic mass is 35.5. The maximum atomic E-state index is 6.39. The van der Waals surface area contributed by atoms with Gasteiger partial charge in [0.25, 0.3) is 0 Å². The fourth-order valence-electron chi connectivity index (χ4n) is 4.50. The molecule has 1 heterocycles. The largest absolute Gasteiger partial charge is 0.496 e. The molecule has 0 radical (unpaired) electrons. The van der Waals surface area contributed by atoms with E-state index in [0.717, 1.165) is 34.0 Å². The third-order valence-electron chi connectivity index (χ3n) is 5.76. The maximum Gasteiger partial charge on any atom is 0.141 e. The van der Waals surface area contributed by atoms with E-state index in [9.17, 15) is 0 Å². The average molecular weight is 449 g/mol. The number of hydrogen-bond donors (Lipinski definition) is 2. The van der Waals surface area contributed by atoms with Crippen molar-refractivity contribution in [3.63, 3.8) is 0 Å². The molecule has 4 rings (SSSR count). The second-order valence-electron chi connectivity index (χ2n) is 8.59. The van der Waals surface area contributed by atoms with Crippen LogP contribution in [0.2, 0.25) is 5.02 Å². The number of fused-ring (bicyclic) bond motifs is 1. The van der Waals surface area contributed by atoms with Crippen LogP contribution in [0.4, 0.5) is 11.4 Å². The Morgan fingerprint density at radius 2 is 1.69 bits per heavy atom. The van der Waals surface area contributed by atoms with E-state index < -0.39 is 0 Å². The molecular formula is C27H29ClN2O2. The van der Waals surface area contributed by atoms with Gasteiger partial charge in [-0.05, 0) is 73.9 Å². The van der Waals surface area contributed by atoms with Gasteiger partial charge in [0.15, 0.2) is 0 Å². The molecule has 0 fully saturated rings. The van der Waals surface area contributed by atoms with E-state index in [4.69, 9.17) is 21.1 Å². The van der Waals surface area contributed by atoms with Crippen LogP contribution in [0.3, 0.4) is 0 Å². The molecule has 1 aliphatic heterocycles. The van der Waals surface area contributed by atoms with Gasteiger partial charge in [-0.1, -0.05) is 35.9 Å².